The minimum Gasteiger partial charge on any atom is -0.460 e. The molecule has 0 spiro atoms. The third-order valence-electron chi connectivity index (χ3n) is 2.34. The average molecular weight is 224 g/mol. The second kappa shape index (κ2) is 5.80. The molecule has 0 radical (unpaired) electrons. The molecular formula is C12H20N2O2. The first-order valence-electron chi connectivity index (χ1n) is 5.63. The largest absolute Gasteiger partial charge is 0.460 e. The second-order valence-electron chi connectivity index (χ2n) is 4.48. The van der Waals surface area contributed by atoms with Crippen LogP contribution < -0.4 is 4.74 Å². The number of nitrogens with zero attached hydrogens (tertiary/aromatic N) is 2. The molecule has 16 heavy (non-hydrogen) atoms. The molecule has 4 heteroatoms. The van der Waals surface area contributed by atoms with Crippen LogP contribution in [0.1, 0.15) is 38.4 Å². The van der Waals surface area contributed by atoms with Crippen LogP contribution in [0.15, 0.2) is 6.20 Å². The van der Waals surface area contributed by atoms with Gasteiger partial charge < -0.3 is 9.84 Å². The number of aryl methyl sites for hydroxylation is 1. The Bertz CT molecular complexity index is 340. The minimum absolute atomic E-state index is 0.0341. The van der Waals surface area contributed by atoms with Gasteiger partial charge in [0.1, 0.15) is 0 Å². The van der Waals surface area contributed by atoms with Crippen molar-refractivity contribution in [3.05, 3.63) is 17.5 Å². The quantitative estimate of drug-likeness (QED) is 0.832. The second-order valence-corrected chi connectivity index (χ2v) is 4.48. The Morgan fingerprint density at radius 1 is 1.38 bits per heavy atom. The van der Waals surface area contributed by atoms with Crippen molar-refractivity contribution in [2.45, 2.75) is 46.8 Å². The molecule has 1 heterocycles. The fraction of sp³-hybridized carbons (Fsp3) is 0.667. The van der Waals surface area contributed by atoms with Crippen molar-refractivity contribution < 1.29 is 9.84 Å². The summed E-state index contributed by atoms with van der Waals surface area (Å²) in [6, 6.07) is 0.392. The van der Waals surface area contributed by atoms with Crippen molar-refractivity contribution in [2.24, 2.45) is 5.92 Å². The molecule has 0 saturated heterocycles. The maximum absolute atomic E-state index is 8.99. The molecule has 0 aromatic carbocycles. The van der Waals surface area contributed by atoms with Crippen LogP contribution in [-0.2, 0) is 6.61 Å². The van der Waals surface area contributed by atoms with Gasteiger partial charge in [0.15, 0.2) is 0 Å². The zero-order chi connectivity index (χ0) is 12.1. The zero-order valence-corrected chi connectivity index (χ0v) is 10.4. The van der Waals surface area contributed by atoms with E-state index in [4.69, 9.17) is 9.84 Å². The molecule has 0 aliphatic heterocycles. The molecule has 1 aromatic heterocycles. The molecule has 0 aliphatic carbocycles. The summed E-state index contributed by atoms with van der Waals surface area (Å²) in [6.07, 6.45) is 2.70. The van der Waals surface area contributed by atoms with Gasteiger partial charge in [-0.15, -0.1) is 0 Å². The van der Waals surface area contributed by atoms with Crippen LogP contribution >= 0.6 is 0 Å². The minimum atomic E-state index is -0.0341. The third-order valence-corrected chi connectivity index (χ3v) is 2.34. The van der Waals surface area contributed by atoms with Gasteiger partial charge in [-0.3, -0.25) is 0 Å². The summed E-state index contributed by atoms with van der Waals surface area (Å²) in [5.41, 5.74) is 1.51. The Labute approximate surface area is 96.7 Å². The van der Waals surface area contributed by atoms with E-state index in [0.717, 1.165) is 17.7 Å². The van der Waals surface area contributed by atoms with Gasteiger partial charge in [-0.1, -0.05) is 13.8 Å². The SMILES string of the molecule is Cc1nc(OC(C)CC(C)C)ncc1CO. The highest BCUT2D eigenvalue weighted by atomic mass is 16.5. The number of hydrogen-bond donors (Lipinski definition) is 1. The topological polar surface area (TPSA) is 55.2 Å². The van der Waals surface area contributed by atoms with Gasteiger partial charge in [0.25, 0.3) is 0 Å². The lowest BCUT2D eigenvalue weighted by molar-refractivity contribution is 0.176. The van der Waals surface area contributed by atoms with Gasteiger partial charge in [-0.05, 0) is 26.2 Å². The van der Waals surface area contributed by atoms with E-state index in [1.54, 1.807) is 6.20 Å². The number of aromatic nitrogens is 2. The van der Waals surface area contributed by atoms with Crippen LogP contribution in [0.5, 0.6) is 6.01 Å². The Kier molecular flexibility index (Phi) is 4.68. The van der Waals surface area contributed by atoms with Gasteiger partial charge in [0, 0.05) is 11.8 Å². The first-order chi connectivity index (χ1) is 7.52. The summed E-state index contributed by atoms with van der Waals surface area (Å²) in [4.78, 5) is 8.26. The fourth-order valence-electron chi connectivity index (χ4n) is 1.57. The molecule has 1 unspecified atom stereocenters. The molecule has 1 atom stereocenters. The van der Waals surface area contributed by atoms with Gasteiger partial charge >= 0.3 is 6.01 Å². The maximum Gasteiger partial charge on any atom is 0.316 e. The number of hydrogen-bond acceptors (Lipinski definition) is 4. The summed E-state index contributed by atoms with van der Waals surface area (Å²) in [6.45, 7) is 8.13. The summed E-state index contributed by atoms with van der Waals surface area (Å²) >= 11 is 0. The third kappa shape index (κ3) is 3.77. The van der Waals surface area contributed by atoms with E-state index in [0.29, 0.717) is 11.9 Å². The Morgan fingerprint density at radius 3 is 2.56 bits per heavy atom. The summed E-state index contributed by atoms with van der Waals surface area (Å²) in [5, 5.41) is 8.99. The van der Waals surface area contributed by atoms with Crippen molar-refractivity contribution in [1.82, 2.24) is 9.97 Å². The number of aliphatic hydroxyl groups excluding tert-OH is 1. The van der Waals surface area contributed by atoms with Crippen molar-refractivity contribution in [3.63, 3.8) is 0 Å². The lowest BCUT2D eigenvalue weighted by Gasteiger charge is -2.15. The molecule has 0 amide bonds. The molecule has 0 aliphatic rings. The Hall–Kier alpha value is -1.16. The van der Waals surface area contributed by atoms with E-state index >= 15 is 0 Å². The van der Waals surface area contributed by atoms with Crippen molar-refractivity contribution in [2.75, 3.05) is 0 Å². The van der Waals surface area contributed by atoms with E-state index in [9.17, 15) is 0 Å². The lowest BCUT2D eigenvalue weighted by atomic mass is 10.1. The average Bonchev–Trinajstić information content (AvgIpc) is 2.16. The van der Waals surface area contributed by atoms with E-state index < -0.39 is 0 Å². The first-order valence-corrected chi connectivity index (χ1v) is 5.63. The molecule has 0 bridgehead atoms. The number of aliphatic hydroxyl groups is 1. The summed E-state index contributed by atoms with van der Waals surface area (Å²) in [7, 11) is 0. The Morgan fingerprint density at radius 2 is 2.06 bits per heavy atom. The van der Waals surface area contributed by atoms with Gasteiger partial charge in [-0.25, -0.2) is 9.97 Å². The molecule has 4 nitrogen and oxygen atoms in total. The molecule has 1 aromatic rings. The summed E-state index contributed by atoms with van der Waals surface area (Å²) in [5.74, 6) is 0.591. The van der Waals surface area contributed by atoms with Crippen molar-refractivity contribution in [3.8, 4) is 6.01 Å². The number of ether oxygens (including phenoxy) is 1. The monoisotopic (exact) mass is 224 g/mol. The van der Waals surface area contributed by atoms with E-state index in [1.807, 2.05) is 13.8 Å². The van der Waals surface area contributed by atoms with Crippen molar-refractivity contribution in [1.29, 1.82) is 0 Å². The molecular weight excluding hydrogens is 204 g/mol. The molecule has 0 saturated carbocycles. The van der Waals surface area contributed by atoms with Crippen LogP contribution in [0.25, 0.3) is 0 Å². The highest BCUT2D eigenvalue weighted by Crippen LogP contribution is 2.13. The van der Waals surface area contributed by atoms with E-state index in [2.05, 4.69) is 23.8 Å². The zero-order valence-electron chi connectivity index (χ0n) is 10.4. The van der Waals surface area contributed by atoms with E-state index in [1.165, 1.54) is 0 Å². The normalized spacial score (nSPS) is 12.9. The van der Waals surface area contributed by atoms with Crippen LogP contribution in [-0.4, -0.2) is 21.2 Å². The van der Waals surface area contributed by atoms with Gasteiger partial charge in [0.05, 0.1) is 18.4 Å². The standard InChI is InChI=1S/C12H20N2O2/c1-8(2)5-9(3)16-12-13-6-11(7-15)10(4)14-12/h6,8-9,15H,5,7H2,1-4H3. The van der Waals surface area contributed by atoms with Gasteiger partial charge in [-0.2, -0.15) is 0 Å². The molecule has 90 valence electrons. The first kappa shape index (κ1) is 12.9. The van der Waals surface area contributed by atoms with Crippen LogP contribution in [0, 0.1) is 12.8 Å². The predicted octanol–water partition coefficient (Wildman–Crippen LogP) is 2.09. The Balaban J connectivity index is 2.64. The van der Waals surface area contributed by atoms with Crippen molar-refractivity contribution >= 4 is 0 Å². The fourth-order valence-corrected chi connectivity index (χ4v) is 1.57. The maximum atomic E-state index is 8.99. The van der Waals surface area contributed by atoms with Crippen LogP contribution in [0.4, 0.5) is 0 Å². The highest BCUT2D eigenvalue weighted by molar-refractivity contribution is 5.16. The molecule has 0 fully saturated rings. The lowest BCUT2D eigenvalue weighted by Crippen LogP contribution is -2.16. The smallest absolute Gasteiger partial charge is 0.316 e. The number of rotatable bonds is 5. The summed E-state index contributed by atoms with van der Waals surface area (Å²) < 4.78 is 5.60. The van der Waals surface area contributed by atoms with Crippen LogP contribution in [0.3, 0.4) is 0 Å². The highest BCUT2D eigenvalue weighted by Gasteiger charge is 2.09. The van der Waals surface area contributed by atoms with E-state index in [-0.39, 0.29) is 12.7 Å². The predicted molar refractivity (Wildman–Crippen MR) is 62.2 cm³/mol. The molecule has 1 rings (SSSR count). The van der Waals surface area contributed by atoms with Gasteiger partial charge in [0.2, 0.25) is 0 Å². The van der Waals surface area contributed by atoms with Crippen LogP contribution in [0.2, 0.25) is 0 Å². The molecule has 1 N–H and O–H groups in total.